The molecule has 0 bridgehead atoms. The van der Waals surface area contributed by atoms with Crippen LogP contribution >= 0.6 is 0 Å². The van der Waals surface area contributed by atoms with Crippen LogP contribution in [-0.4, -0.2) is 34.3 Å². The third-order valence-corrected chi connectivity index (χ3v) is 2.63. The molecule has 7 heteroatoms. The third-order valence-electron chi connectivity index (χ3n) is 2.63. The van der Waals surface area contributed by atoms with E-state index in [1.165, 1.54) is 12.1 Å². The van der Waals surface area contributed by atoms with E-state index in [1.54, 1.807) is 13.8 Å². The Morgan fingerprint density at radius 3 is 2.58 bits per heavy atom. The number of anilines is 1. The summed E-state index contributed by atoms with van der Waals surface area (Å²) < 4.78 is 0. The van der Waals surface area contributed by atoms with Gasteiger partial charge in [-0.3, -0.25) is 10.1 Å². The fourth-order valence-corrected chi connectivity index (χ4v) is 1.36. The van der Waals surface area contributed by atoms with Gasteiger partial charge in [0.15, 0.2) is 0 Å². The lowest BCUT2D eigenvalue weighted by atomic mass is 9.95. The van der Waals surface area contributed by atoms with E-state index in [2.05, 4.69) is 5.32 Å². The Labute approximate surface area is 110 Å². The van der Waals surface area contributed by atoms with E-state index in [4.69, 9.17) is 10.2 Å². The quantitative estimate of drug-likeness (QED) is 0.535. The molecule has 0 spiro atoms. The van der Waals surface area contributed by atoms with Crippen LogP contribution in [0.1, 0.15) is 24.2 Å². The van der Waals surface area contributed by atoms with Crippen molar-refractivity contribution < 1.29 is 19.9 Å². The highest BCUT2D eigenvalue weighted by atomic mass is 16.6. The first-order valence-corrected chi connectivity index (χ1v) is 5.63. The summed E-state index contributed by atoms with van der Waals surface area (Å²) in [5, 5.41) is 31.7. The summed E-state index contributed by atoms with van der Waals surface area (Å²) in [5.74, 6) is -1.22. The number of aromatic carboxylic acids is 1. The van der Waals surface area contributed by atoms with E-state index >= 15 is 0 Å². The zero-order valence-electron chi connectivity index (χ0n) is 10.7. The normalized spacial score (nSPS) is 11.1. The van der Waals surface area contributed by atoms with E-state index in [1.807, 2.05) is 0 Å². The molecule has 0 radical (unpaired) electrons. The maximum absolute atomic E-state index is 10.9. The molecular formula is C12H16N2O5. The van der Waals surface area contributed by atoms with Gasteiger partial charge in [0.2, 0.25) is 0 Å². The van der Waals surface area contributed by atoms with Crippen molar-refractivity contribution in [3.05, 3.63) is 33.9 Å². The largest absolute Gasteiger partial charge is 0.478 e. The number of aliphatic hydroxyl groups is 1. The second-order valence-corrected chi connectivity index (χ2v) is 4.97. The molecule has 0 heterocycles. The summed E-state index contributed by atoms with van der Waals surface area (Å²) in [6.45, 7) is 3.87. The van der Waals surface area contributed by atoms with E-state index < -0.39 is 16.3 Å². The molecule has 1 aromatic carbocycles. The molecule has 7 nitrogen and oxygen atoms in total. The predicted molar refractivity (Wildman–Crippen MR) is 69.4 cm³/mol. The Morgan fingerprint density at radius 2 is 2.11 bits per heavy atom. The molecule has 0 saturated heterocycles. The number of carboxylic acid groups (broad SMARTS) is 1. The molecule has 0 unspecified atom stereocenters. The van der Waals surface area contributed by atoms with Gasteiger partial charge in [0.05, 0.1) is 10.5 Å². The van der Waals surface area contributed by atoms with Gasteiger partial charge in [0.25, 0.3) is 5.69 Å². The number of benzene rings is 1. The minimum absolute atomic E-state index is 0.0684. The van der Waals surface area contributed by atoms with Crippen LogP contribution in [0.2, 0.25) is 0 Å². The first-order valence-electron chi connectivity index (χ1n) is 5.63. The Balaban J connectivity index is 3.01. The van der Waals surface area contributed by atoms with Crippen LogP contribution in [0.15, 0.2) is 18.2 Å². The van der Waals surface area contributed by atoms with Crippen molar-refractivity contribution in [2.75, 3.05) is 18.5 Å². The standard InChI is InChI=1S/C12H16N2O5/c1-12(2,7-15)6-13-9-4-3-8(11(16)17)5-10(9)14(18)19/h3-5,13,15H,6-7H2,1-2H3,(H,16,17). The zero-order valence-corrected chi connectivity index (χ0v) is 10.7. The lowest BCUT2D eigenvalue weighted by Crippen LogP contribution is -2.27. The van der Waals surface area contributed by atoms with Gasteiger partial charge >= 0.3 is 5.97 Å². The Hall–Kier alpha value is -2.15. The van der Waals surface area contributed by atoms with Crippen molar-refractivity contribution in [1.29, 1.82) is 0 Å². The topological polar surface area (TPSA) is 113 Å². The lowest BCUT2D eigenvalue weighted by Gasteiger charge is -2.22. The van der Waals surface area contributed by atoms with Crippen molar-refractivity contribution in [1.82, 2.24) is 0 Å². The van der Waals surface area contributed by atoms with Gasteiger partial charge in [0, 0.05) is 24.6 Å². The molecule has 0 amide bonds. The first kappa shape index (κ1) is 14.9. The van der Waals surface area contributed by atoms with E-state index in [-0.39, 0.29) is 23.5 Å². The van der Waals surface area contributed by atoms with E-state index in [0.717, 1.165) is 6.07 Å². The summed E-state index contributed by atoms with van der Waals surface area (Å²) in [6, 6.07) is 3.66. The Morgan fingerprint density at radius 1 is 1.47 bits per heavy atom. The zero-order chi connectivity index (χ0) is 14.6. The molecular weight excluding hydrogens is 252 g/mol. The van der Waals surface area contributed by atoms with Crippen molar-refractivity contribution in [3.8, 4) is 0 Å². The lowest BCUT2D eigenvalue weighted by molar-refractivity contribution is -0.384. The third kappa shape index (κ3) is 3.92. The van der Waals surface area contributed by atoms with Gasteiger partial charge in [-0.15, -0.1) is 0 Å². The van der Waals surface area contributed by atoms with Crippen LogP contribution in [-0.2, 0) is 0 Å². The van der Waals surface area contributed by atoms with Crippen LogP contribution in [0.4, 0.5) is 11.4 Å². The fraction of sp³-hybridized carbons (Fsp3) is 0.417. The molecule has 3 N–H and O–H groups in total. The predicted octanol–water partition coefficient (Wildman–Crippen LogP) is 1.72. The molecule has 19 heavy (non-hydrogen) atoms. The first-order chi connectivity index (χ1) is 8.76. The molecule has 0 aromatic heterocycles. The number of carbonyl (C=O) groups is 1. The van der Waals surface area contributed by atoms with Gasteiger partial charge in [-0.1, -0.05) is 13.8 Å². The number of nitro groups is 1. The maximum Gasteiger partial charge on any atom is 0.335 e. The highest BCUT2D eigenvalue weighted by molar-refractivity contribution is 5.89. The summed E-state index contributed by atoms with van der Waals surface area (Å²) in [4.78, 5) is 21.1. The van der Waals surface area contributed by atoms with Crippen molar-refractivity contribution in [2.45, 2.75) is 13.8 Å². The average Bonchev–Trinajstić information content (AvgIpc) is 2.36. The molecule has 0 aliphatic rings. The molecule has 104 valence electrons. The minimum atomic E-state index is -1.22. The SMILES string of the molecule is CC(C)(CO)CNc1ccc(C(=O)O)cc1[N+](=O)[O-]. The summed E-state index contributed by atoms with van der Waals surface area (Å²) in [6.07, 6.45) is 0. The monoisotopic (exact) mass is 268 g/mol. The number of carboxylic acids is 1. The van der Waals surface area contributed by atoms with Crippen LogP contribution in [0.25, 0.3) is 0 Å². The molecule has 0 aliphatic heterocycles. The van der Waals surface area contributed by atoms with Crippen molar-refractivity contribution in [3.63, 3.8) is 0 Å². The minimum Gasteiger partial charge on any atom is -0.478 e. The van der Waals surface area contributed by atoms with Gasteiger partial charge in [-0.2, -0.15) is 0 Å². The Bertz CT molecular complexity index is 499. The Kier molecular flexibility index (Phi) is 4.44. The van der Waals surface area contributed by atoms with Gasteiger partial charge in [0.1, 0.15) is 5.69 Å². The van der Waals surface area contributed by atoms with E-state index in [9.17, 15) is 14.9 Å². The van der Waals surface area contributed by atoms with Crippen LogP contribution in [0, 0.1) is 15.5 Å². The number of aliphatic hydroxyl groups excluding tert-OH is 1. The summed E-state index contributed by atoms with van der Waals surface area (Å²) in [5.41, 5.74) is -0.636. The molecule has 1 aromatic rings. The number of nitrogens with one attached hydrogen (secondary N) is 1. The van der Waals surface area contributed by atoms with Crippen molar-refractivity contribution >= 4 is 17.3 Å². The summed E-state index contributed by atoms with van der Waals surface area (Å²) >= 11 is 0. The second-order valence-electron chi connectivity index (χ2n) is 4.97. The number of nitro benzene ring substituents is 1. The number of nitrogens with zero attached hydrogens (tertiary/aromatic N) is 1. The maximum atomic E-state index is 10.9. The fourth-order valence-electron chi connectivity index (χ4n) is 1.36. The van der Waals surface area contributed by atoms with E-state index in [0.29, 0.717) is 6.54 Å². The highest BCUT2D eigenvalue weighted by Gasteiger charge is 2.21. The summed E-state index contributed by atoms with van der Waals surface area (Å²) in [7, 11) is 0. The number of rotatable bonds is 6. The second kappa shape index (κ2) is 5.66. The number of hydrogen-bond donors (Lipinski definition) is 3. The van der Waals surface area contributed by atoms with Gasteiger partial charge in [-0.05, 0) is 12.1 Å². The van der Waals surface area contributed by atoms with Crippen LogP contribution in [0.5, 0.6) is 0 Å². The van der Waals surface area contributed by atoms with Crippen LogP contribution in [0.3, 0.4) is 0 Å². The average molecular weight is 268 g/mol. The van der Waals surface area contributed by atoms with Gasteiger partial charge < -0.3 is 15.5 Å². The van der Waals surface area contributed by atoms with Crippen LogP contribution < -0.4 is 5.32 Å². The number of hydrogen-bond acceptors (Lipinski definition) is 5. The molecule has 0 aliphatic carbocycles. The molecule has 0 atom stereocenters. The highest BCUT2D eigenvalue weighted by Crippen LogP contribution is 2.27. The van der Waals surface area contributed by atoms with Gasteiger partial charge in [-0.25, -0.2) is 4.79 Å². The molecule has 1 rings (SSSR count). The smallest absolute Gasteiger partial charge is 0.335 e. The van der Waals surface area contributed by atoms with Crippen molar-refractivity contribution in [2.24, 2.45) is 5.41 Å². The molecule has 0 fully saturated rings. The molecule has 0 saturated carbocycles.